The molecule has 0 unspecified atom stereocenters. The first-order valence-corrected chi connectivity index (χ1v) is 7.22. The van der Waals surface area contributed by atoms with E-state index < -0.39 is 0 Å². The molecule has 3 rings (SSSR count). The summed E-state index contributed by atoms with van der Waals surface area (Å²) in [5, 5.41) is 8.94. The number of rotatable bonds is 5. The third kappa shape index (κ3) is 3.13. The number of aryl methyl sites for hydroxylation is 1. The SMILES string of the molecule is COc1ccc(N=NCC(=O)c2oc3ccccc3c2C)cc1. The van der Waals surface area contributed by atoms with Gasteiger partial charge in [0.05, 0.1) is 12.8 Å². The maximum Gasteiger partial charge on any atom is 0.221 e. The summed E-state index contributed by atoms with van der Waals surface area (Å²) < 4.78 is 10.7. The molecule has 2 aromatic carbocycles. The third-order valence-electron chi connectivity index (χ3n) is 3.57. The van der Waals surface area contributed by atoms with Crippen LogP contribution in [0.3, 0.4) is 0 Å². The van der Waals surface area contributed by atoms with E-state index in [0.29, 0.717) is 17.0 Å². The average molecular weight is 308 g/mol. The molecule has 0 saturated carbocycles. The highest BCUT2D eigenvalue weighted by Gasteiger charge is 2.16. The number of nitrogens with zero attached hydrogens (tertiary/aromatic N) is 2. The molecule has 5 nitrogen and oxygen atoms in total. The van der Waals surface area contributed by atoms with Gasteiger partial charge in [-0.1, -0.05) is 18.2 Å². The standard InChI is InChI=1S/C18H16N2O3/c1-12-15-5-3-4-6-17(15)23-18(12)16(21)11-19-20-13-7-9-14(22-2)10-8-13/h3-10H,11H2,1-2H3. The Balaban J connectivity index is 1.72. The number of ether oxygens (including phenoxy) is 1. The highest BCUT2D eigenvalue weighted by molar-refractivity contribution is 6.01. The number of carbonyl (C=O) groups excluding carboxylic acids is 1. The fourth-order valence-corrected chi connectivity index (χ4v) is 2.34. The fraction of sp³-hybridized carbons (Fsp3) is 0.167. The Morgan fingerprint density at radius 3 is 2.57 bits per heavy atom. The topological polar surface area (TPSA) is 64.2 Å². The monoisotopic (exact) mass is 308 g/mol. The van der Waals surface area contributed by atoms with Crippen LogP contribution in [0.5, 0.6) is 5.75 Å². The molecule has 0 bridgehead atoms. The van der Waals surface area contributed by atoms with Crippen molar-refractivity contribution in [3.05, 3.63) is 59.9 Å². The minimum absolute atomic E-state index is 0.0489. The summed E-state index contributed by atoms with van der Waals surface area (Å²) in [7, 11) is 1.60. The van der Waals surface area contributed by atoms with E-state index in [1.807, 2.05) is 31.2 Å². The second-order valence-corrected chi connectivity index (χ2v) is 5.07. The summed E-state index contributed by atoms with van der Waals surface area (Å²) in [6.45, 7) is 1.83. The van der Waals surface area contributed by atoms with Crippen molar-refractivity contribution in [2.45, 2.75) is 6.92 Å². The Morgan fingerprint density at radius 1 is 1.13 bits per heavy atom. The van der Waals surface area contributed by atoms with E-state index in [1.165, 1.54) is 0 Å². The second-order valence-electron chi connectivity index (χ2n) is 5.07. The fourth-order valence-electron chi connectivity index (χ4n) is 2.34. The van der Waals surface area contributed by atoms with Gasteiger partial charge in [-0.05, 0) is 37.3 Å². The molecule has 0 fully saturated rings. The van der Waals surface area contributed by atoms with Crippen LogP contribution in [0.4, 0.5) is 5.69 Å². The quantitative estimate of drug-likeness (QED) is 0.506. The van der Waals surface area contributed by atoms with Crippen LogP contribution < -0.4 is 4.74 Å². The van der Waals surface area contributed by atoms with Crippen LogP contribution in [0.2, 0.25) is 0 Å². The number of azo groups is 1. The summed E-state index contributed by atoms with van der Waals surface area (Å²) in [4.78, 5) is 12.3. The molecule has 23 heavy (non-hydrogen) atoms. The Labute approximate surface area is 133 Å². The predicted octanol–water partition coefficient (Wildman–Crippen LogP) is 4.72. The van der Waals surface area contributed by atoms with Crippen LogP contribution in [-0.4, -0.2) is 19.4 Å². The first-order valence-electron chi connectivity index (χ1n) is 7.22. The van der Waals surface area contributed by atoms with Gasteiger partial charge in [-0.25, -0.2) is 0 Å². The van der Waals surface area contributed by atoms with Gasteiger partial charge in [0.1, 0.15) is 17.9 Å². The number of fused-ring (bicyclic) bond motifs is 1. The van der Waals surface area contributed by atoms with Crippen molar-refractivity contribution in [2.24, 2.45) is 10.2 Å². The van der Waals surface area contributed by atoms with E-state index in [1.54, 1.807) is 31.4 Å². The van der Waals surface area contributed by atoms with Crippen LogP contribution in [0.25, 0.3) is 11.0 Å². The van der Waals surface area contributed by atoms with Crippen molar-refractivity contribution < 1.29 is 13.9 Å². The van der Waals surface area contributed by atoms with Crippen molar-refractivity contribution >= 4 is 22.4 Å². The summed E-state index contributed by atoms with van der Waals surface area (Å²) in [6.07, 6.45) is 0. The van der Waals surface area contributed by atoms with Crippen molar-refractivity contribution in [1.82, 2.24) is 0 Å². The molecule has 0 spiro atoms. The van der Waals surface area contributed by atoms with Crippen LogP contribution in [-0.2, 0) is 0 Å². The van der Waals surface area contributed by atoms with Gasteiger partial charge in [-0.2, -0.15) is 10.2 Å². The molecular formula is C18H16N2O3. The van der Waals surface area contributed by atoms with Gasteiger partial charge in [0.2, 0.25) is 5.78 Å². The normalized spacial score (nSPS) is 11.2. The van der Waals surface area contributed by atoms with Crippen LogP contribution in [0.15, 0.2) is 63.2 Å². The maximum absolute atomic E-state index is 12.3. The number of hydrogen-bond donors (Lipinski definition) is 0. The highest BCUT2D eigenvalue weighted by atomic mass is 16.5. The second kappa shape index (κ2) is 6.44. The lowest BCUT2D eigenvalue weighted by molar-refractivity contribution is 0.0975. The number of furan rings is 1. The first kappa shape index (κ1) is 15.0. The lowest BCUT2D eigenvalue weighted by atomic mass is 10.1. The molecule has 116 valence electrons. The zero-order valence-electron chi connectivity index (χ0n) is 12.9. The van der Waals surface area contributed by atoms with E-state index in [2.05, 4.69) is 10.2 Å². The third-order valence-corrected chi connectivity index (χ3v) is 3.57. The number of methoxy groups -OCH3 is 1. The van der Waals surface area contributed by atoms with Crippen LogP contribution in [0, 0.1) is 6.92 Å². The first-order chi connectivity index (χ1) is 11.2. The average Bonchev–Trinajstić information content (AvgIpc) is 2.93. The smallest absolute Gasteiger partial charge is 0.221 e. The largest absolute Gasteiger partial charge is 0.497 e. The summed E-state index contributed by atoms with van der Waals surface area (Å²) in [6, 6.07) is 14.7. The molecule has 3 aromatic rings. The Hall–Kier alpha value is -2.95. The van der Waals surface area contributed by atoms with Crippen LogP contribution >= 0.6 is 0 Å². The van der Waals surface area contributed by atoms with Gasteiger partial charge in [0.25, 0.3) is 0 Å². The number of hydrogen-bond acceptors (Lipinski definition) is 5. The molecule has 0 aliphatic carbocycles. The van der Waals surface area contributed by atoms with E-state index in [-0.39, 0.29) is 12.3 Å². The lowest BCUT2D eigenvalue weighted by Gasteiger charge is -1.98. The van der Waals surface area contributed by atoms with Crippen molar-refractivity contribution in [3.63, 3.8) is 0 Å². The van der Waals surface area contributed by atoms with E-state index in [4.69, 9.17) is 9.15 Å². The van der Waals surface area contributed by atoms with E-state index in [0.717, 1.165) is 16.7 Å². The van der Waals surface area contributed by atoms with Crippen molar-refractivity contribution in [2.75, 3.05) is 13.7 Å². The molecule has 0 radical (unpaired) electrons. The van der Waals surface area contributed by atoms with Gasteiger partial charge >= 0.3 is 0 Å². The zero-order chi connectivity index (χ0) is 16.2. The van der Waals surface area contributed by atoms with Gasteiger partial charge in [-0.15, -0.1) is 0 Å². The van der Waals surface area contributed by atoms with Crippen molar-refractivity contribution in [3.8, 4) is 5.75 Å². The molecule has 0 aliphatic rings. The van der Waals surface area contributed by atoms with Gasteiger partial charge < -0.3 is 9.15 Å². The Morgan fingerprint density at radius 2 is 1.87 bits per heavy atom. The maximum atomic E-state index is 12.3. The molecule has 1 aromatic heterocycles. The number of carbonyl (C=O) groups is 1. The lowest BCUT2D eigenvalue weighted by Crippen LogP contribution is -2.02. The summed E-state index contributed by atoms with van der Waals surface area (Å²) in [5.41, 5.74) is 2.21. The minimum Gasteiger partial charge on any atom is -0.497 e. The molecular weight excluding hydrogens is 292 g/mol. The summed E-state index contributed by atoms with van der Waals surface area (Å²) in [5.74, 6) is 0.911. The number of benzene rings is 2. The van der Waals surface area contributed by atoms with Crippen LogP contribution in [0.1, 0.15) is 16.1 Å². The van der Waals surface area contributed by atoms with Gasteiger partial charge in [0.15, 0.2) is 5.76 Å². The molecule has 1 heterocycles. The van der Waals surface area contributed by atoms with Gasteiger partial charge in [-0.3, -0.25) is 4.79 Å². The molecule has 0 atom stereocenters. The number of ketones is 1. The summed E-state index contributed by atoms with van der Waals surface area (Å²) >= 11 is 0. The zero-order valence-corrected chi connectivity index (χ0v) is 12.9. The number of para-hydroxylation sites is 1. The van der Waals surface area contributed by atoms with E-state index in [9.17, 15) is 4.79 Å². The molecule has 0 amide bonds. The minimum atomic E-state index is -0.184. The van der Waals surface area contributed by atoms with Crippen molar-refractivity contribution in [1.29, 1.82) is 0 Å². The molecule has 0 N–H and O–H groups in total. The molecule has 0 aliphatic heterocycles. The van der Waals surface area contributed by atoms with Gasteiger partial charge in [0, 0.05) is 10.9 Å². The Kier molecular flexibility index (Phi) is 4.19. The Bertz CT molecular complexity index is 864. The highest BCUT2D eigenvalue weighted by Crippen LogP contribution is 2.25. The predicted molar refractivity (Wildman–Crippen MR) is 87.7 cm³/mol. The van der Waals surface area contributed by atoms with E-state index >= 15 is 0 Å². The molecule has 0 saturated heterocycles. The number of Topliss-reactive ketones (excluding diaryl/α,β-unsaturated/α-hetero) is 1. The molecule has 5 heteroatoms.